The van der Waals surface area contributed by atoms with Gasteiger partial charge in [-0.15, -0.1) is 0 Å². The molecule has 0 unspecified atom stereocenters. The molecule has 0 amide bonds. The van der Waals surface area contributed by atoms with Gasteiger partial charge in [0.1, 0.15) is 6.61 Å². The second-order valence-electron chi connectivity index (χ2n) is 1.49. The molecular formula is C6H10O3. The standard InChI is InChI=1S/C5H6O2.CH4O/c1-4-2-3-7-5(4)6;1-2/h2H,3H2,1H3;2H,1H3. The molecule has 0 aromatic rings. The van der Waals surface area contributed by atoms with E-state index >= 15 is 0 Å². The molecule has 0 aliphatic carbocycles. The van der Waals surface area contributed by atoms with Crippen LogP contribution in [-0.4, -0.2) is 24.8 Å². The molecule has 1 aliphatic heterocycles. The number of ether oxygens (including phenoxy) is 1. The Morgan fingerprint density at radius 2 is 2.22 bits per heavy atom. The second-order valence-corrected chi connectivity index (χ2v) is 1.49. The molecule has 9 heavy (non-hydrogen) atoms. The zero-order valence-corrected chi connectivity index (χ0v) is 5.55. The molecule has 0 atom stereocenters. The van der Waals surface area contributed by atoms with Crippen LogP contribution in [-0.2, 0) is 9.53 Å². The highest BCUT2D eigenvalue weighted by molar-refractivity contribution is 5.89. The van der Waals surface area contributed by atoms with E-state index in [1.807, 2.05) is 0 Å². The van der Waals surface area contributed by atoms with Crippen molar-refractivity contribution in [2.75, 3.05) is 13.7 Å². The van der Waals surface area contributed by atoms with Gasteiger partial charge in [0, 0.05) is 12.7 Å². The maximum absolute atomic E-state index is 10.3. The quantitative estimate of drug-likeness (QED) is 0.473. The maximum Gasteiger partial charge on any atom is 0.333 e. The topological polar surface area (TPSA) is 46.5 Å². The molecule has 3 nitrogen and oxygen atoms in total. The van der Waals surface area contributed by atoms with E-state index in [0.29, 0.717) is 6.61 Å². The summed E-state index contributed by atoms with van der Waals surface area (Å²) < 4.78 is 4.53. The predicted octanol–water partition coefficient (Wildman–Crippen LogP) is 0.0980. The van der Waals surface area contributed by atoms with Gasteiger partial charge in [0.25, 0.3) is 0 Å². The van der Waals surface area contributed by atoms with Crippen molar-refractivity contribution in [2.45, 2.75) is 6.92 Å². The highest BCUT2D eigenvalue weighted by atomic mass is 16.5. The van der Waals surface area contributed by atoms with Crippen molar-refractivity contribution in [3.05, 3.63) is 11.6 Å². The number of carbonyl (C=O) groups excluding carboxylic acids is 1. The van der Waals surface area contributed by atoms with E-state index in [2.05, 4.69) is 4.74 Å². The Morgan fingerprint density at radius 3 is 2.33 bits per heavy atom. The zero-order valence-electron chi connectivity index (χ0n) is 5.55. The molecule has 1 rings (SSSR count). The molecule has 52 valence electrons. The van der Waals surface area contributed by atoms with Crippen molar-refractivity contribution < 1.29 is 14.6 Å². The lowest BCUT2D eigenvalue weighted by Gasteiger charge is -1.85. The van der Waals surface area contributed by atoms with Gasteiger partial charge in [-0.25, -0.2) is 4.79 Å². The fraction of sp³-hybridized carbons (Fsp3) is 0.500. The van der Waals surface area contributed by atoms with Crippen LogP contribution in [0.2, 0.25) is 0 Å². The fourth-order valence-corrected chi connectivity index (χ4v) is 0.440. The molecule has 0 aromatic carbocycles. The van der Waals surface area contributed by atoms with Crippen LogP contribution in [0.5, 0.6) is 0 Å². The summed E-state index contributed by atoms with van der Waals surface area (Å²) in [5.41, 5.74) is 0.722. The lowest BCUT2D eigenvalue weighted by atomic mass is 10.3. The van der Waals surface area contributed by atoms with Crippen molar-refractivity contribution in [3.63, 3.8) is 0 Å². The lowest BCUT2D eigenvalue weighted by Crippen LogP contribution is -1.94. The van der Waals surface area contributed by atoms with Gasteiger partial charge in [-0.3, -0.25) is 0 Å². The van der Waals surface area contributed by atoms with E-state index in [-0.39, 0.29) is 5.97 Å². The molecule has 0 aromatic heterocycles. The molecule has 0 fully saturated rings. The largest absolute Gasteiger partial charge is 0.458 e. The summed E-state index contributed by atoms with van der Waals surface area (Å²) in [6, 6.07) is 0. The van der Waals surface area contributed by atoms with Gasteiger partial charge in [0.05, 0.1) is 0 Å². The van der Waals surface area contributed by atoms with Crippen LogP contribution in [0.25, 0.3) is 0 Å². The first-order chi connectivity index (χ1) is 4.30. The molecule has 0 bridgehead atoms. The number of hydrogen-bond acceptors (Lipinski definition) is 3. The summed E-state index contributed by atoms with van der Waals surface area (Å²) in [7, 11) is 1.00. The summed E-state index contributed by atoms with van der Waals surface area (Å²) in [4.78, 5) is 10.3. The highest BCUT2D eigenvalue weighted by Gasteiger charge is 2.09. The summed E-state index contributed by atoms with van der Waals surface area (Å²) in [5.74, 6) is -0.181. The van der Waals surface area contributed by atoms with Gasteiger partial charge in [0.15, 0.2) is 0 Å². The number of aliphatic hydroxyl groups is 1. The van der Waals surface area contributed by atoms with Crippen LogP contribution in [0.4, 0.5) is 0 Å². The van der Waals surface area contributed by atoms with E-state index < -0.39 is 0 Å². The molecule has 0 radical (unpaired) electrons. The van der Waals surface area contributed by atoms with Crippen molar-refractivity contribution in [2.24, 2.45) is 0 Å². The van der Waals surface area contributed by atoms with Crippen molar-refractivity contribution in [1.29, 1.82) is 0 Å². The molecule has 0 saturated heterocycles. The Kier molecular flexibility index (Phi) is 3.71. The molecule has 0 spiro atoms. The molecule has 0 saturated carbocycles. The Balaban J connectivity index is 0.000000291. The molecule has 1 heterocycles. The third kappa shape index (κ3) is 2.28. The average Bonchev–Trinajstić information content (AvgIpc) is 2.23. The van der Waals surface area contributed by atoms with Crippen LogP contribution >= 0.6 is 0 Å². The minimum absolute atomic E-state index is 0.181. The van der Waals surface area contributed by atoms with Crippen LogP contribution in [0, 0.1) is 0 Å². The van der Waals surface area contributed by atoms with Gasteiger partial charge >= 0.3 is 5.97 Å². The number of cyclic esters (lactones) is 1. The molecule has 1 N–H and O–H groups in total. The third-order valence-electron chi connectivity index (χ3n) is 0.926. The minimum atomic E-state index is -0.181. The predicted molar refractivity (Wildman–Crippen MR) is 32.9 cm³/mol. The monoisotopic (exact) mass is 130 g/mol. The fourth-order valence-electron chi connectivity index (χ4n) is 0.440. The highest BCUT2D eigenvalue weighted by Crippen LogP contribution is 2.02. The van der Waals surface area contributed by atoms with E-state index in [4.69, 9.17) is 5.11 Å². The molecule has 1 aliphatic rings. The van der Waals surface area contributed by atoms with Crippen LogP contribution in [0.15, 0.2) is 11.6 Å². The zero-order chi connectivity index (χ0) is 7.28. The number of rotatable bonds is 0. The van der Waals surface area contributed by atoms with Gasteiger partial charge in [0.2, 0.25) is 0 Å². The Labute approximate surface area is 53.9 Å². The SMILES string of the molecule is CC1=CCOC1=O.CO. The Hall–Kier alpha value is -0.830. The van der Waals surface area contributed by atoms with Crippen molar-refractivity contribution in [3.8, 4) is 0 Å². The van der Waals surface area contributed by atoms with Crippen LogP contribution in [0.3, 0.4) is 0 Å². The van der Waals surface area contributed by atoms with Crippen molar-refractivity contribution >= 4 is 5.97 Å². The van der Waals surface area contributed by atoms with E-state index in [1.165, 1.54) is 0 Å². The van der Waals surface area contributed by atoms with Crippen LogP contribution in [0.1, 0.15) is 6.92 Å². The summed E-state index contributed by atoms with van der Waals surface area (Å²) in [6.07, 6.45) is 1.77. The summed E-state index contributed by atoms with van der Waals surface area (Å²) in [5, 5.41) is 7.00. The summed E-state index contributed by atoms with van der Waals surface area (Å²) >= 11 is 0. The maximum atomic E-state index is 10.3. The first kappa shape index (κ1) is 8.17. The van der Waals surface area contributed by atoms with Gasteiger partial charge in [-0.2, -0.15) is 0 Å². The molecular weight excluding hydrogens is 120 g/mol. The first-order valence-electron chi connectivity index (χ1n) is 2.59. The number of hydrogen-bond donors (Lipinski definition) is 1. The number of esters is 1. The smallest absolute Gasteiger partial charge is 0.333 e. The van der Waals surface area contributed by atoms with E-state index in [0.717, 1.165) is 12.7 Å². The second kappa shape index (κ2) is 4.09. The minimum Gasteiger partial charge on any atom is -0.458 e. The number of carbonyl (C=O) groups is 1. The third-order valence-corrected chi connectivity index (χ3v) is 0.926. The van der Waals surface area contributed by atoms with Gasteiger partial charge < -0.3 is 9.84 Å². The van der Waals surface area contributed by atoms with Gasteiger partial charge in [-0.05, 0) is 13.0 Å². The van der Waals surface area contributed by atoms with Crippen LogP contribution < -0.4 is 0 Å². The van der Waals surface area contributed by atoms with Crippen molar-refractivity contribution in [1.82, 2.24) is 0 Å². The van der Waals surface area contributed by atoms with Gasteiger partial charge in [-0.1, -0.05) is 0 Å². The average molecular weight is 130 g/mol. The van der Waals surface area contributed by atoms with E-state index in [1.54, 1.807) is 13.0 Å². The Bertz CT molecular complexity index is 126. The lowest BCUT2D eigenvalue weighted by molar-refractivity contribution is -0.135. The molecule has 3 heteroatoms. The normalized spacial score (nSPS) is 15.4. The van der Waals surface area contributed by atoms with E-state index in [9.17, 15) is 4.79 Å². The summed E-state index contributed by atoms with van der Waals surface area (Å²) in [6.45, 7) is 2.21. The Morgan fingerprint density at radius 1 is 1.67 bits per heavy atom. The first-order valence-corrected chi connectivity index (χ1v) is 2.59. The number of aliphatic hydroxyl groups excluding tert-OH is 1.